The summed E-state index contributed by atoms with van der Waals surface area (Å²) in [5.41, 5.74) is 1.45. The Hall–Kier alpha value is -3.56. The minimum absolute atomic E-state index is 0.0579. The molecule has 154 valence electrons. The normalized spacial score (nSPS) is 18.1. The quantitative estimate of drug-likeness (QED) is 0.519. The Balaban J connectivity index is 1.60. The Labute approximate surface area is 167 Å². The van der Waals surface area contributed by atoms with Crippen molar-refractivity contribution in [1.82, 2.24) is 19.8 Å². The molecule has 4 aromatic rings. The molecule has 3 heterocycles. The molecule has 0 spiro atoms. The Morgan fingerprint density at radius 1 is 1.37 bits per heavy atom. The second kappa shape index (κ2) is 6.75. The van der Waals surface area contributed by atoms with Gasteiger partial charge < -0.3 is 10.1 Å². The van der Waals surface area contributed by atoms with Crippen LogP contribution in [0.5, 0.6) is 5.75 Å². The van der Waals surface area contributed by atoms with Gasteiger partial charge in [-0.25, -0.2) is 13.3 Å². The van der Waals surface area contributed by atoms with Gasteiger partial charge in [0, 0.05) is 23.2 Å². The smallest absolute Gasteiger partial charge is 0.231 e. The molecule has 7 nitrogen and oxygen atoms in total. The van der Waals surface area contributed by atoms with Gasteiger partial charge in [-0.15, -0.1) is 0 Å². The summed E-state index contributed by atoms with van der Waals surface area (Å²) >= 11 is 0. The molecule has 0 bridgehead atoms. The van der Waals surface area contributed by atoms with Crippen LogP contribution in [0.25, 0.3) is 27.5 Å². The predicted octanol–water partition coefficient (Wildman–Crippen LogP) is 3.85. The van der Waals surface area contributed by atoms with Crippen molar-refractivity contribution in [1.29, 1.82) is 0 Å². The Morgan fingerprint density at radius 2 is 2.17 bits per heavy atom. The highest BCUT2D eigenvalue weighted by Crippen LogP contribution is 2.41. The lowest BCUT2D eigenvalue weighted by Gasteiger charge is -2.13. The van der Waals surface area contributed by atoms with Crippen molar-refractivity contribution in [2.45, 2.75) is 19.5 Å². The van der Waals surface area contributed by atoms with Gasteiger partial charge in [-0.05, 0) is 31.0 Å². The van der Waals surface area contributed by atoms with Crippen LogP contribution in [0.4, 0.5) is 19.0 Å². The number of benzene rings is 1. The summed E-state index contributed by atoms with van der Waals surface area (Å²) in [5, 5.41) is 13.5. The second-order valence-corrected chi connectivity index (χ2v) is 7.09. The minimum Gasteiger partial charge on any atom is -0.490 e. The van der Waals surface area contributed by atoms with Gasteiger partial charge >= 0.3 is 0 Å². The van der Waals surface area contributed by atoms with Crippen molar-refractivity contribution in [3.63, 3.8) is 0 Å². The molecule has 1 saturated carbocycles. The minimum atomic E-state index is -1.10. The first-order chi connectivity index (χ1) is 14.5. The van der Waals surface area contributed by atoms with Gasteiger partial charge in [0.25, 0.3) is 0 Å². The van der Waals surface area contributed by atoms with Crippen molar-refractivity contribution >= 4 is 28.1 Å². The highest BCUT2D eigenvalue weighted by Gasteiger charge is 2.43. The Bertz CT molecular complexity index is 1300. The highest BCUT2D eigenvalue weighted by atomic mass is 19.2. The van der Waals surface area contributed by atoms with Crippen molar-refractivity contribution in [2.24, 2.45) is 5.92 Å². The lowest BCUT2D eigenvalue weighted by Crippen LogP contribution is -2.15. The molecule has 0 saturated heterocycles. The van der Waals surface area contributed by atoms with E-state index in [4.69, 9.17) is 4.74 Å². The molecule has 2 atom stereocenters. The fourth-order valence-electron chi connectivity index (χ4n) is 3.52. The first-order valence-corrected chi connectivity index (χ1v) is 9.39. The van der Waals surface area contributed by atoms with Crippen LogP contribution < -0.4 is 10.1 Å². The van der Waals surface area contributed by atoms with Crippen LogP contribution in [-0.2, 0) is 4.79 Å². The summed E-state index contributed by atoms with van der Waals surface area (Å²) in [6, 6.07) is 4.99. The zero-order valence-corrected chi connectivity index (χ0v) is 15.7. The number of nitrogens with zero attached hydrogens (tertiary/aromatic N) is 3. The number of H-pyrrole nitrogens is 1. The summed E-state index contributed by atoms with van der Waals surface area (Å²) in [6.07, 6.45) is 2.15. The van der Waals surface area contributed by atoms with Gasteiger partial charge in [-0.2, -0.15) is 14.6 Å². The molecule has 5 rings (SSSR count). The molecule has 1 aromatic carbocycles. The van der Waals surface area contributed by atoms with Gasteiger partial charge in [-0.1, -0.05) is 0 Å². The summed E-state index contributed by atoms with van der Waals surface area (Å²) in [5.74, 6) is -3.13. The van der Waals surface area contributed by atoms with Crippen LogP contribution in [0.2, 0.25) is 0 Å². The van der Waals surface area contributed by atoms with Crippen LogP contribution in [0.3, 0.4) is 0 Å². The van der Waals surface area contributed by atoms with E-state index in [1.54, 1.807) is 31.3 Å². The average molecular weight is 415 g/mol. The maximum atomic E-state index is 14.7. The molecule has 30 heavy (non-hydrogen) atoms. The summed E-state index contributed by atoms with van der Waals surface area (Å²) < 4.78 is 49.1. The molecule has 10 heteroatoms. The lowest BCUT2D eigenvalue weighted by molar-refractivity contribution is -0.117. The monoisotopic (exact) mass is 415 g/mol. The number of hydrogen-bond acceptors (Lipinski definition) is 4. The van der Waals surface area contributed by atoms with Crippen LogP contribution >= 0.6 is 0 Å². The standard InChI is InChI=1S/C20H16F3N5O2/c1-2-30-19-15(12-8-24-26-18(12)16(22)17(19)23)9-3-4-28-10(5-9)6-14(27-28)25-20(29)11-7-13(11)21/h3-6,8,11,13H,2,7H2,1H3,(H,24,26)(H,25,27,29)/t11-,13+/m1/s1. The molecular formula is C20H16F3N5O2. The third-order valence-electron chi connectivity index (χ3n) is 5.09. The second-order valence-electron chi connectivity index (χ2n) is 7.09. The largest absolute Gasteiger partial charge is 0.490 e. The zero-order chi connectivity index (χ0) is 21.0. The average Bonchev–Trinajstić information content (AvgIpc) is 3.11. The predicted molar refractivity (Wildman–Crippen MR) is 103 cm³/mol. The van der Waals surface area contributed by atoms with Crippen LogP contribution in [0.1, 0.15) is 13.3 Å². The third-order valence-corrected chi connectivity index (χ3v) is 5.09. The first-order valence-electron chi connectivity index (χ1n) is 9.39. The fourth-order valence-corrected chi connectivity index (χ4v) is 3.52. The van der Waals surface area contributed by atoms with Gasteiger partial charge in [0.1, 0.15) is 11.7 Å². The number of aromatic amines is 1. The molecule has 0 unspecified atom stereocenters. The summed E-state index contributed by atoms with van der Waals surface area (Å²) in [4.78, 5) is 11.9. The number of ether oxygens (including phenoxy) is 1. The molecule has 1 fully saturated rings. The lowest BCUT2D eigenvalue weighted by atomic mass is 10.0. The zero-order valence-electron chi connectivity index (χ0n) is 15.7. The molecule has 0 aliphatic heterocycles. The number of rotatable bonds is 5. The van der Waals surface area contributed by atoms with Crippen molar-refractivity contribution in [3.8, 4) is 16.9 Å². The number of anilines is 1. The van der Waals surface area contributed by atoms with E-state index in [2.05, 4.69) is 20.6 Å². The van der Waals surface area contributed by atoms with Crippen molar-refractivity contribution in [3.05, 3.63) is 42.2 Å². The Kier molecular flexibility index (Phi) is 4.16. The topological polar surface area (TPSA) is 84.3 Å². The van der Waals surface area contributed by atoms with Gasteiger partial charge in [0.15, 0.2) is 17.4 Å². The summed E-state index contributed by atoms with van der Waals surface area (Å²) in [6.45, 7) is 1.83. The fraction of sp³-hybridized carbons (Fsp3) is 0.250. The molecule has 1 amide bonds. The maximum Gasteiger partial charge on any atom is 0.231 e. The number of nitrogens with one attached hydrogen (secondary N) is 2. The van der Waals surface area contributed by atoms with E-state index < -0.39 is 29.6 Å². The molecule has 0 radical (unpaired) electrons. The van der Waals surface area contributed by atoms with Gasteiger partial charge in [0.2, 0.25) is 11.7 Å². The number of alkyl halides is 1. The molecule has 3 aromatic heterocycles. The number of halogens is 3. The number of amides is 1. The van der Waals surface area contributed by atoms with E-state index in [0.717, 1.165) is 0 Å². The van der Waals surface area contributed by atoms with Crippen LogP contribution in [0, 0.1) is 17.6 Å². The van der Waals surface area contributed by atoms with Crippen LogP contribution in [-0.4, -0.2) is 38.5 Å². The maximum absolute atomic E-state index is 14.7. The van der Waals surface area contributed by atoms with Crippen molar-refractivity contribution < 1.29 is 22.7 Å². The molecule has 1 aliphatic carbocycles. The van der Waals surface area contributed by atoms with Gasteiger partial charge in [-0.3, -0.25) is 9.89 Å². The Morgan fingerprint density at radius 3 is 2.90 bits per heavy atom. The van der Waals surface area contributed by atoms with Gasteiger partial charge in [0.05, 0.1) is 24.2 Å². The number of aromatic nitrogens is 4. The highest BCUT2D eigenvalue weighted by molar-refractivity contribution is 5.99. The van der Waals surface area contributed by atoms with E-state index in [-0.39, 0.29) is 30.1 Å². The van der Waals surface area contributed by atoms with E-state index in [1.165, 1.54) is 10.7 Å². The van der Waals surface area contributed by atoms with E-state index in [1.807, 2.05) is 0 Å². The number of pyridine rings is 1. The number of fused-ring (bicyclic) bond motifs is 2. The molecular weight excluding hydrogens is 399 g/mol. The number of carbonyl (C=O) groups is 1. The summed E-state index contributed by atoms with van der Waals surface area (Å²) in [7, 11) is 0. The van der Waals surface area contributed by atoms with E-state index in [9.17, 15) is 18.0 Å². The molecule has 1 aliphatic rings. The SMILES string of the molecule is CCOc1c(F)c(F)c2[nH]ncc2c1-c1ccn2nc(NC(=O)[C@@H]3C[C@@H]3F)cc2c1. The molecule has 2 N–H and O–H groups in total. The first kappa shape index (κ1) is 18.5. The number of carbonyl (C=O) groups excluding carboxylic acids is 1. The van der Waals surface area contributed by atoms with E-state index in [0.29, 0.717) is 22.0 Å². The number of hydrogen-bond donors (Lipinski definition) is 2. The van der Waals surface area contributed by atoms with E-state index >= 15 is 0 Å². The van der Waals surface area contributed by atoms with Crippen molar-refractivity contribution in [2.75, 3.05) is 11.9 Å². The third kappa shape index (κ3) is 2.87. The van der Waals surface area contributed by atoms with Crippen LogP contribution in [0.15, 0.2) is 30.6 Å².